The predicted molar refractivity (Wildman–Crippen MR) is 83.6 cm³/mol. The molecule has 0 heterocycles. The van der Waals surface area contributed by atoms with Gasteiger partial charge in [0, 0.05) is 23.7 Å². The van der Waals surface area contributed by atoms with Crippen molar-refractivity contribution >= 4 is 11.6 Å². The van der Waals surface area contributed by atoms with Crippen LogP contribution in [0.15, 0.2) is 24.3 Å². The third kappa shape index (κ3) is 2.51. The SMILES string of the molecule is COc1cc(NC(=O)[C@H]2C[C@H]3C=C[C@H]2C3)cc(OC)c1OC. The van der Waals surface area contributed by atoms with E-state index in [0.717, 1.165) is 12.8 Å². The number of methoxy groups -OCH3 is 3. The lowest BCUT2D eigenvalue weighted by atomic mass is 9.93. The van der Waals surface area contributed by atoms with Crippen LogP contribution >= 0.6 is 0 Å². The topological polar surface area (TPSA) is 56.8 Å². The molecular weight excluding hydrogens is 282 g/mol. The summed E-state index contributed by atoms with van der Waals surface area (Å²) in [5.41, 5.74) is 0.659. The summed E-state index contributed by atoms with van der Waals surface area (Å²) in [5, 5.41) is 2.98. The minimum absolute atomic E-state index is 0.0612. The molecule has 1 fully saturated rings. The molecule has 3 atom stereocenters. The van der Waals surface area contributed by atoms with Gasteiger partial charge in [0.25, 0.3) is 0 Å². The summed E-state index contributed by atoms with van der Waals surface area (Å²) in [6.07, 6.45) is 6.45. The molecule has 118 valence electrons. The van der Waals surface area contributed by atoms with Gasteiger partial charge in [0.2, 0.25) is 11.7 Å². The smallest absolute Gasteiger partial charge is 0.228 e. The van der Waals surface area contributed by atoms with Crippen LogP contribution in [0.2, 0.25) is 0 Å². The number of amides is 1. The Bertz CT molecular complexity index is 586. The molecule has 1 N–H and O–H groups in total. The lowest BCUT2D eigenvalue weighted by molar-refractivity contribution is -0.120. The van der Waals surface area contributed by atoms with Gasteiger partial charge in [-0.3, -0.25) is 4.79 Å². The molecule has 0 aliphatic heterocycles. The second kappa shape index (κ2) is 5.91. The normalized spacial score (nSPS) is 25.1. The summed E-state index contributed by atoms with van der Waals surface area (Å²) in [6.45, 7) is 0. The highest BCUT2D eigenvalue weighted by atomic mass is 16.5. The van der Waals surface area contributed by atoms with Gasteiger partial charge in [-0.25, -0.2) is 0 Å². The van der Waals surface area contributed by atoms with Crippen molar-refractivity contribution in [3.05, 3.63) is 24.3 Å². The van der Waals surface area contributed by atoms with Gasteiger partial charge in [0.15, 0.2) is 11.5 Å². The number of allylic oxidation sites excluding steroid dienone is 2. The first kappa shape index (κ1) is 14.8. The molecule has 3 rings (SSSR count). The fourth-order valence-corrected chi connectivity index (χ4v) is 3.47. The number of hydrogen-bond acceptors (Lipinski definition) is 4. The van der Waals surface area contributed by atoms with Crippen LogP contribution in [0.5, 0.6) is 17.2 Å². The molecule has 0 radical (unpaired) electrons. The first-order chi connectivity index (χ1) is 10.7. The summed E-state index contributed by atoms with van der Waals surface area (Å²) in [5.74, 6) is 2.66. The Morgan fingerprint density at radius 1 is 1.05 bits per heavy atom. The molecule has 0 aromatic heterocycles. The minimum Gasteiger partial charge on any atom is -0.493 e. The molecule has 1 saturated carbocycles. The number of fused-ring (bicyclic) bond motifs is 2. The first-order valence-corrected chi connectivity index (χ1v) is 7.45. The molecule has 22 heavy (non-hydrogen) atoms. The summed E-state index contributed by atoms with van der Waals surface area (Å²) >= 11 is 0. The fourth-order valence-electron chi connectivity index (χ4n) is 3.47. The van der Waals surface area contributed by atoms with Crippen LogP contribution in [0.1, 0.15) is 12.8 Å². The Hall–Kier alpha value is -2.17. The van der Waals surface area contributed by atoms with E-state index in [4.69, 9.17) is 14.2 Å². The van der Waals surface area contributed by atoms with Gasteiger partial charge in [-0.05, 0) is 24.7 Å². The van der Waals surface area contributed by atoms with Crippen molar-refractivity contribution in [3.8, 4) is 17.2 Å². The number of carbonyl (C=O) groups excluding carboxylic acids is 1. The van der Waals surface area contributed by atoms with Crippen LogP contribution in [-0.2, 0) is 4.79 Å². The van der Waals surface area contributed by atoms with E-state index in [9.17, 15) is 4.79 Å². The summed E-state index contributed by atoms with van der Waals surface area (Å²) in [6, 6.07) is 3.50. The maximum absolute atomic E-state index is 12.5. The number of nitrogens with one attached hydrogen (secondary N) is 1. The number of benzene rings is 1. The summed E-state index contributed by atoms with van der Waals surface area (Å²) in [4.78, 5) is 12.5. The second-order valence-electron chi connectivity index (χ2n) is 5.79. The van der Waals surface area contributed by atoms with Crippen molar-refractivity contribution < 1.29 is 19.0 Å². The van der Waals surface area contributed by atoms with Crippen molar-refractivity contribution in [2.45, 2.75) is 12.8 Å². The van der Waals surface area contributed by atoms with Gasteiger partial charge in [-0.1, -0.05) is 12.2 Å². The van der Waals surface area contributed by atoms with Crippen LogP contribution in [0, 0.1) is 17.8 Å². The number of hydrogen-bond donors (Lipinski definition) is 1. The standard InChI is InChI=1S/C17H21NO4/c1-20-14-8-12(9-15(21-2)16(14)22-3)18-17(19)13-7-10-4-5-11(13)6-10/h4-5,8-11,13H,6-7H2,1-3H3,(H,18,19)/t10-,11-,13-/m0/s1. The van der Waals surface area contributed by atoms with E-state index in [1.54, 1.807) is 33.5 Å². The fraction of sp³-hybridized carbons (Fsp3) is 0.471. The maximum atomic E-state index is 12.5. The van der Waals surface area contributed by atoms with Gasteiger partial charge in [0.1, 0.15) is 0 Å². The monoisotopic (exact) mass is 303 g/mol. The van der Waals surface area contributed by atoms with E-state index in [1.807, 2.05) is 0 Å². The molecule has 5 heteroatoms. The van der Waals surface area contributed by atoms with Crippen molar-refractivity contribution in [1.82, 2.24) is 0 Å². The van der Waals surface area contributed by atoms with Crippen molar-refractivity contribution in [2.24, 2.45) is 17.8 Å². The highest BCUT2D eigenvalue weighted by Gasteiger charge is 2.39. The van der Waals surface area contributed by atoms with Crippen LogP contribution < -0.4 is 19.5 Å². The van der Waals surface area contributed by atoms with Gasteiger partial charge in [-0.2, -0.15) is 0 Å². The summed E-state index contributed by atoms with van der Waals surface area (Å²) in [7, 11) is 4.67. The zero-order valence-corrected chi connectivity index (χ0v) is 13.1. The van der Waals surface area contributed by atoms with Gasteiger partial charge in [-0.15, -0.1) is 0 Å². The first-order valence-electron chi connectivity index (χ1n) is 7.45. The van der Waals surface area contributed by atoms with Crippen LogP contribution in [0.25, 0.3) is 0 Å². The zero-order chi connectivity index (χ0) is 15.7. The average Bonchev–Trinajstić information content (AvgIpc) is 3.16. The largest absolute Gasteiger partial charge is 0.493 e. The molecule has 1 aromatic carbocycles. The summed E-state index contributed by atoms with van der Waals surface area (Å²) < 4.78 is 15.9. The van der Waals surface area contributed by atoms with Gasteiger partial charge in [0.05, 0.1) is 21.3 Å². The number of rotatable bonds is 5. The van der Waals surface area contributed by atoms with E-state index in [1.165, 1.54) is 0 Å². The molecule has 2 aliphatic carbocycles. The van der Waals surface area contributed by atoms with Gasteiger partial charge < -0.3 is 19.5 Å². The Labute approximate surface area is 130 Å². The van der Waals surface area contributed by atoms with Crippen molar-refractivity contribution in [1.29, 1.82) is 0 Å². The van der Waals surface area contributed by atoms with Crippen LogP contribution in [0.3, 0.4) is 0 Å². The quantitative estimate of drug-likeness (QED) is 0.850. The number of anilines is 1. The molecule has 0 spiro atoms. The van der Waals surface area contributed by atoms with Crippen LogP contribution in [-0.4, -0.2) is 27.2 Å². The van der Waals surface area contributed by atoms with Gasteiger partial charge >= 0.3 is 0 Å². The third-order valence-electron chi connectivity index (χ3n) is 4.55. The molecule has 0 saturated heterocycles. The number of ether oxygens (including phenoxy) is 3. The molecule has 2 bridgehead atoms. The second-order valence-corrected chi connectivity index (χ2v) is 5.79. The zero-order valence-electron chi connectivity index (χ0n) is 13.1. The maximum Gasteiger partial charge on any atom is 0.228 e. The lowest BCUT2D eigenvalue weighted by Crippen LogP contribution is -2.25. The Balaban J connectivity index is 1.80. The highest BCUT2D eigenvalue weighted by Crippen LogP contribution is 2.44. The van der Waals surface area contributed by atoms with E-state index in [0.29, 0.717) is 34.8 Å². The number of carbonyl (C=O) groups is 1. The molecule has 5 nitrogen and oxygen atoms in total. The molecule has 1 amide bonds. The van der Waals surface area contributed by atoms with Crippen molar-refractivity contribution in [2.75, 3.05) is 26.6 Å². The third-order valence-corrected chi connectivity index (χ3v) is 4.55. The molecular formula is C17H21NO4. The Morgan fingerprint density at radius 3 is 2.18 bits per heavy atom. The molecule has 0 unspecified atom stereocenters. The van der Waals surface area contributed by atoms with E-state index < -0.39 is 0 Å². The lowest BCUT2D eigenvalue weighted by Gasteiger charge is -2.19. The average molecular weight is 303 g/mol. The van der Waals surface area contributed by atoms with E-state index in [-0.39, 0.29) is 11.8 Å². The van der Waals surface area contributed by atoms with E-state index in [2.05, 4.69) is 17.5 Å². The Kier molecular flexibility index (Phi) is 3.96. The minimum atomic E-state index is 0.0612. The highest BCUT2D eigenvalue weighted by molar-refractivity contribution is 5.94. The Morgan fingerprint density at radius 2 is 1.73 bits per heavy atom. The predicted octanol–water partition coefficient (Wildman–Crippen LogP) is 2.86. The molecule has 2 aliphatic rings. The van der Waals surface area contributed by atoms with Crippen molar-refractivity contribution in [3.63, 3.8) is 0 Å². The molecule has 1 aromatic rings. The van der Waals surface area contributed by atoms with Crippen LogP contribution in [0.4, 0.5) is 5.69 Å². The van der Waals surface area contributed by atoms with E-state index >= 15 is 0 Å².